The van der Waals surface area contributed by atoms with E-state index in [0.29, 0.717) is 12.0 Å². The van der Waals surface area contributed by atoms with Gasteiger partial charge in [-0.1, -0.05) is 42.5 Å². The van der Waals surface area contributed by atoms with E-state index in [1.807, 2.05) is 18.2 Å². The van der Waals surface area contributed by atoms with Gasteiger partial charge in [-0.25, -0.2) is 14.0 Å². The average molecular weight is 515 g/mol. The lowest BCUT2D eigenvalue weighted by molar-refractivity contribution is -0.157. The summed E-state index contributed by atoms with van der Waals surface area (Å²) in [7, 11) is 1.15. The van der Waals surface area contributed by atoms with Gasteiger partial charge in [-0.05, 0) is 43.0 Å². The Labute approximate surface area is 214 Å². The number of rotatable bonds is 9. The molecule has 2 aromatic carbocycles. The van der Waals surface area contributed by atoms with Crippen LogP contribution in [0.1, 0.15) is 37.8 Å². The number of carbonyl (C=O) groups excluding carboxylic acids is 4. The van der Waals surface area contributed by atoms with Crippen molar-refractivity contribution >= 4 is 23.9 Å². The van der Waals surface area contributed by atoms with Crippen molar-refractivity contribution in [3.63, 3.8) is 0 Å². The first-order chi connectivity index (χ1) is 17.7. The van der Waals surface area contributed by atoms with E-state index in [1.54, 1.807) is 18.2 Å². The number of nitrogens with zero attached hydrogens (tertiary/aromatic N) is 1. The largest absolute Gasteiger partial charge is 0.467 e. The van der Waals surface area contributed by atoms with Crippen LogP contribution < -0.4 is 5.32 Å². The number of halogens is 1. The van der Waals surface area contributed by atoms with Gasteiger partial charge in [0.1, 0.15) is 24.1 Å². The second-order valence-electron chi connectivity index (χ2n) is 8.92. The zero-order chi connectivity index (χ0) is 27.0. The Balaban J connectivity index is 1.92. The van der Waals surface area contributed by atoms with Crippen LogP contribution in [0.25, 0.3) is 0 Å². The van der Waals surface area contributed by atoms with Gasteiger partial charge >= 0.3 is 18.0 Å². The van der Waals surface area contributed by atoms with Crippen LogP contribution >= 0.6 is 0 Å². The molecule has 37 heavy (non-hydrogen) atoms. The molecule has 1 aliphatic rings. The van der Waals surface area contributed by atoms with Gasteiger partial charge in [-0.15, -0.1) is 0 Å². The normalized spacial score (nSPS) is 18.4. The zero-order valence-corrected chi connectivity index (χ0v) is 21.1. The molecule has 9 nitrogen and oxygen atoms in total. The van der Waals surface area contributed by atoms with Crippen molar-refractivity contribution < 1.29 is 37.8 Å². The third-order valence-electron chi connectivity index (χ3n) is 6.29. The lowest BCUT2D eigenvalue weighted by Gasteiger charge is -2.38. The van der Waals surface area contributed by atoms with Crippen molar-refractivity contribution in [1.29, 1.82) is 0 Å². The van der Waals surface area contributed by atoms with Crippen molar-refractivity contribution in [1.82, 2.24) is 10.2 Å². The van der Waals surface area contributed by atoms with E-state index in [-0.39, 0.29) is 26.0 Å². The molecule has 1 N–H and O–H groups in total. The molecule has 0 bridgehead atoms. The van der Waals surface area contributed by atoms with Crippen LogP contribution in [0, 0.1) is 5.82 Å². The summed E-state index contributed by atoms with van der Waals surface area (Å²) < 4.78 is 29.5. The molecular formula is C27H31FN2O7. The molecule has 2 aromatic rings. The maximum Gasteiger partial charge on any atom is 0.411 e. The first-order valence-electron chi connectivity index (χ1n) is 11.9. The van der Waals surface area contributed by atoms with E-state index in [9.17, 15) is 23.6 Å². The maximum absolute atomic E-state index is 14.0. The van der Waals surface area contributed by atoms with Gasteiger partial charge in [-0.3, -0.25) is 14.5 Å². The molecule has 198 valence electrons. The number of benzene rings is 2. The molecule has 1 unspecified atom stereocenters. The quantitative estimate of drug-likeness (QED) is 0.404. The van der Waals surface area contributed by atoms with Gasteiger partial charge < -0.3 is 19.5 Å². The van der Waals surface area contributed by atoms with Crippen LogP contribution in [0.3, 0.4) is 0 Å². The number of nitrogens with one attached hydrogen (secondary N) is 1. The number of carbonyl (C=O) groups is 4. The first-order valence-corrected chi connectivity index (χ1v) is 11.9. The van der Waals surface area contributed by atoms with Gasteiger partial charge in [-0.2, -0.15) is 0 Å². The Morgan fingerprint density at radius 3 is 2.43 bits per heavy atom. The Morgan fingerprint density at radius 1 is 1.08 bits per heavy atom. The van der Waals surface area contributed by atoms with Gasteiger partial charge in [0.25, 0.3) is 0 Å². The lowest BCUT2D eigenvalue weighted by atomic mass is 9.86. The van der Waals surface area contributed by atoms with E-state index >= 15 is 0 Å². The summed E-state index contributed by atoms with van der Waals surface area (Å²) in [5.74, 6) is -2.61. The van der Waals surface area contributed by atoms with E-state index in [1.165, 1.54) is 36.9 Å². The standard InChI is InChI=1S/C27H31FN2O7/c1-18(37-19(2)31)23(24(32)35-3)29-25(33)27(16-21-11-7-12-22(28)15-21)13-8-14-30(27)26(34)36-17-20-9-5-4-6-10-20/h4-7,9-12,15,18,23H,8,13-14,16-17H2,1-3H3,(H,29,33)/t18-,23+,27?/m1/s1. The maximum atomic E-state index is 14.0. The fraction of sp³-hybridized carbons (Fsp3) is 0.407. The summed E-state index contributed by atoms with van der Waals surface area (Å²) >= 11 is 0. The van der Waals surface area contributed by atoms with Crippen molar-refractivity contribution in [3.05, 3.63) is 71.5 Å². The predicted octanol–water partition coefficient (Wildman–Crippen LogP) is 3.15. The van der Waals surface area contributed by atoms with Crippen LogP contribution in [0.5, 0.6) is 0 Å². The molecule has 1 aliphatic heterocycles. The Bertz CT molecular complexity index is 1130. The van der Waals surface area contributed by atoms with Crippen LogP contribution in [-0.2, 0) is 41.6 Å². The molecule has 1 fully saturated rings. The minimum Gasteiger partial charge on any atom is -0.467 e. The zero-order valence-electron chi connectivity index (χ0n) is 21.1. The summed E-state index contributed by atoms with van der Waals surface area (Å²) in [6, 6.07) is 13.5. The third kappa shape index (κ3) is 6.84. The van der Waals surface area contributed by atoms with Crippen molar-refractivity contribution in [3.8, 4) is 0 Å². The Hall–Kier alpha value is -3.95. The molecule has 0 spiro atoms. The molecule has 0 aromatic heterocycles. The summed E-state index contributed by atoms with van der Waals surface area (Å²) in [4.78, 5) is 52.4. The smallest absolute Gasteiger partial charge is 0.411 e. The monoisotopic (exact) mass is 514 g/mol. The molecular weight excluding hydrogens is 483 g/mol. The molecule has 10 heteroatoms. The predicted molar refractivity (Wildman–Crippen MR) is 131 cm³/mol. The number of methoxy groups -OCH3 is 1. The summed E-state index contributed by atoms with van der Waals surface area (Å²) in [6.07, 6.45) is -1.06. The van der Waals surface area contributed by atoms with E-state index in [0.717, 1.165) is 12.7 Å². The molecule has 2 amide bonds. The Morgan fingerprint density at radius 2 is 1.78 bits per heavy atom. The number of hydrogen-bond donors (Lipinski definition) is 1. The van der Waals surface area contributed by atoms with Crippen molar-refractivity contribution in [2.75, 3.05) is 13.7 Å². The minimum absolute atomic E-state index is 0.00209. The number of hydrogen-bond acceptors (Lipinski definition) is 7. The topological polar surface area (TPSA) is 111 Å². The van der Waals surface area contributed by atoms with E-state index in [2.05, 4.69) is 5.32 Å². The fourth-order valence-electron chi connectivity index (χ4n) is 4.53. The highest BCUT2D eigenvalue weighted by Gasteiger charge is 2.51. The number of esters is 2. The third-order valence-corrected chi connectivity index (χ3v) is 6.29. The van der Waals surface area contributed by atoms with Crippen molar-refractivity contribution in [2.24, 2.45) is 0 Å². The van der Waals surface area contributed by atoms with Gasteiger partial charge in [0, 0.05) is 19.9 Å². The van der Waals surface area contributed by atoms with Gasteiger partial charge in [0.15, 0.2) is 6.04 Å². The molecule has 1 heterocycles. The molecule has 0 aliphatic carbocycles. The summed E-state index contributed by atoms with van der Waals surface area (Å²) in [5.41, 5.74) is -0.221. The summed E-state index contributed by atoms with van der Waals surface area (Å²) in [6.45, 7) is 2.85. The van der Waals surface area contributed by atoms with Gasteiger partial charge in [0.2, 0.25) is 5.91 Å². The molecule has 0 saturated carbocycles. The van der Waals surface area contributed by atoms with E-state index < -0.39 is 47.4 Å². The van der Waals surface area contributed by atoms with Crippen LogP contribution in [0.4, 0.5) is 9.18 Å². The fourth-order valence-corrected chi connectivity index (χ4v) is 4.53. The van der Waals surface area contributed by atoms with Crippen LogP contribution in [0.2, 0.25) is 0 Å². The molecule has 3 atom stereocenters. The second-order valence-corrected chi connectivity index (χ2v) is 8.92. The number of likely N-dealkylation sites (tertiary alicyclic amines) is 1. The highest BCUT2D eigenvalue weighted by molar-refractivity contribution is 5.94. The lowest BCUT2D eigenvalue weighted by Crippen LogP contribution is -2.62. The van der Waals surface area contributed by atoms with Gasteiger partial charge in [0.05, 0.1) is 7.11 Å². The van der Waals surface area contributed by atoms with Crippen molar-refractivity contribution in [2.45, 2.75) is 57.4 Å². The molecule has 0 radical (unpaired) electrons. The highest BCUT2D eigenvalue weighted by atomic mass is 19.1. The first kappa shape index (κ1) is 27.6. The molecule has 1 saturated heterocycles. The Kier molecular flexibility index (Phi) is 9.21. The molecule has 3 rings (SSSR count). The highest BCUT2D eigenvalue weighted by Crippen LogP contribution is 2.34. The minimum atomic E-state index is -1.48. The second kappa shape index (κ2) is 12.3. The average Bonchev–Trinajstić information content (AvgIpc) is 3.30. The summed E-state index contributed by atoms with van der Waals surface area (Å²) in [5, 5.41) is 2.62. The van der Waals surface area contributed by atoms with Crippen LogP contribution in [0.15, 0.2) is 54.6 Å². The number of amides is 2. The van der Waals surface area contributed by atoms with E-state index in [4.69, 9.17) is 14.2 Å². The SMILES string of the molecule is COC(=O)[C@@H](NC(=O)C1(Cc2cccc(F)c2)CCCN1C(=O)OCc1ccccc1)[C@@H](C)OC(C)=O. The number of ether oxygens (including phenoxy) is 3. The van der Waals surface area contributed by atoms with Crippen LogP contribution in [-0.4, -0.2) is 60.2 Å².